The van der Waals surface area contributed by atoms with Gasteiger partial charge in [0.1, 0.15) is 11.9 Å². The van der Waals surface area contributed by atoms with Crippen molar-refractivity contribution in [2.24, 2.45) is 0 Å². The third-order valence-electron chi connectivity index (χ3n) is 1.59. The number of halogens is 1. The van der Waals surface area contributed by atoms with Gasteiger partial charge in [-0.05, 0) is 18.1 Å². The van der Waals surface area contributed by atoms with Crippen LogP contribution in [0.15, 0.2) is 18.2 Å². The normalized spacial score (nSPS) is 8.23. The predicted octanol–water partition coefficient (Wildman–Crippen LogP) is 3.29. The number of hydrogen-bond donors (Lipinski definition) is 0. The number of nitrogens with zero attached hydrogens (tertiary/aromatic N) is 1. The fourth-order valence-corrected chi connectivity index (χ4v) is 0.989. The van der Waals surface area contributed by atoms with E-state index in [2.05, 4.69) is 0 Å². The van der Waals surface area contributed by atoms with Gasteiger partial charge in [0.15, 0.2) is 0 Å². The molecule has 13 heavy (non-hydrogen) atoms. The summed E-state index contributed by atoms with van der Waals surface area (Å²) >= 11 is 0. The van der Waals surface area contributed by atoms with E-state index >= 15 is 0 Å². The second-order valence-electron chi connectivity index (χ2n) is 2.24. The molecule has 0 heterocycles. The average molecular weight is 179 g/mol. The van der Waals surface area contributed by atoms with Crippen LogP contribution in [0.1, 0.15) is 31.9 Å². The highest BCUT2D eigenvalue weighted by molar-refractivity contribution is 5.38. The van der Waals surface area contributed by atoms with Crippen LogP contribution in [0.2, 0.25) is 0 Å². The van der Waals surface area contributed by atoms with Gasteiger partial charge in [-0.25, -0.2) is 4.39 Å². The first-order valence-corrected chi connectivity index (χ1v) is 4.47. The second kappa shape index (κ2) is 6.19. The minimum absolute atomic E-state index is 0.176. The van der Waals surface area contributed by atoms with Crippen LogP contribution in [0, 0.1) is 17.1 Å². The Balaban J connectivity index is 0.000000671. The number of rotatable bonds is 1. The van der Waals surface area contributed by atoms with E-state index in [4.69, 9.17) is 5.26 Å². The molecule has 70 valence electrons. The topological polar surface area (TPSA) is 23.8 Å². The fraction of sp³-hybridized carbons (Fsp3) is 0.364. The van der Waals surface area contributed by atoms with Crippen LogP contribution >= 0.6 is 0 Å². The average Bonchev–Trinajstić information content (AvgIpc) is 2.20. The Bertz CT molecular complexity index is 299. The molecule has 0 unspecified atom stereocenters. The molecule has 0 bridgehead atoms. The molecule has 0 atom stereocenters. The van der Waals surface area contributed by atoms with Gasteiger partial charge in [0.25, 0.3) is 0 Å². The van der Waals surface area contributed by atoms with Gasteiger partial charge in [0.05, 0.1) is 5.56 Å². The van der Waals surface area contributed by atoms with E-state index in [1.54, 1.807) is 12.1 Å². The van der Waals surface area contributed by atoms with Gasteiger partial charge in [-0.2, -0.15) is 5.26 Å². The Hall–Kier alpha value is -1.36. The molecule has 0 amide bonds. The standard InChI is InChI=1S/C9H8FN.C2H6/c1-2-7-4-3-5-9(10)8(7)6-11;1-2/h3-5H,2H2,1H3;1-2H3. The lowest BCUT2D eigenvalue weighted by Crippen LogP contribution is -1.90. The number of nitriles is 1. The molecule has 1 aromatic carbocycles. The monoisotopic (exact) mass is 179 g/mol. The summed E-state index contributed by atoms with van der Waals surface area (Å²) in [6.45, 7) is 5.90. The van der Waals surface area contributed by atoms with Crippen LogP contribution in [0.5, 0.6) is 0 Å². The van der Waals surface area contributed by atoms with Gasteiger partial charge in [-0.15, -0.1) is 0 Å². The highest BCUT2D eigenvalue weighted by atomic mass is 19.1. The quantitative estimate of drug-likeness (QED) is 0.649. The van der Waals surface area contributed by atoms with Crippen molar-refractivity contribution in [2.75, 3.05) is 0 Å². The Labute approximate surface area is 78.8 Å². The van der Waals surface area contributed by atoms with Crippen molar-refractivity contribution in [3.63, 3.8) is 0 Å². The first-order chi connectivity index (χ1) is 6.29. The summed E-state index contributed by atoms with van der Waals surface area (Å²) in [4.78, 5) is 0. The largest absolute Gasteiger partial charge is 0.206 e. The lowest BCUT2D eigenvalue weighted by atomic mass is 10.1. The molecule has 0 radical (unpaired) electrons. The van der Waals surface area contributed by atoms with Crippen molar-refractivity contribution in [3.05, 3.63) is 35.1 Å². The molecule has 2 heteroatoms. The number of benzene rings is 1. The van der Waals surface area contributed by atoms with Gasteiger partial charge < -0.3 is 0 Å². The lowest BCUT2D eigenvalue weighted by Gasteiger charge is -1.98. The molecule has 0 saturated carbocycles. The summed E-state index contributed by atoms with van der Waals surface area (Å²) in [6.07, 6.45) is 0.695. The highest BCUT2D eigenvalue weighted by Crippen LogP contribution is 2.12. The Morgan fingerprint density at radius 2 is 2.00 bits per heavy atom. The summed E-state index contributed by atoms with van der Waals surface area (Å²) in [5.41, 5.74) is 0.947. The maximum atomic E-state index is 12.8. The van der Waals surface area contributed by atoms with Crippen molar-refractivity contribution in [1.29, 1.82) is 5.26 Å². The minimum Gasteiger partial charge on any atom is -0.206 e. The molecule has 1 rings (SSSR count). The van der Waals surface area contributed by atoms with Gasteiger partial charge in [0, 0.05) is 0 Å². The number of aryl methyl sites for hydroxylation is 1. The molecular formula is C11H14FN. The maximum absolute atomic E-state index is 12.8. The molecule has 0 aromatic heterocycles. The van der Waals surface area contributed by atoms with E-state index in [-0.39, 0.29) is 5.56 Å². The van der Waals surface area contributed by atoms with Gasteiger partial charge in [-0.1, -0.05) is 32.9 Å². The van der Waals surface area contributed by atoms with E-state index in [0.29, 0.717) is 6.42 Å². The van der Waals surface area contributed by atoms with Crippen molar-refractivity contribution < 1.29 is 4.39 Å². The van der Waals surface area contributed by atoms with Crippen LogP contribution in [0.4, 0.5) is 4.39 Å². The molecule has 0 aliphatic carbocycles. The van der Waals surface area contributed by atoms with E-state index in [1.807, 2.05) is 26.8 Å². The Kier molecular flexibility index (Phi) is 5.54. The van der Waals surface area contributed by atoms with Gasteiger partial charge >= 0.3 is 0 Å². The van der Waals surface area contributed by atoms with Crippen LogP contribution in [0.25, 0.3) is 0 Å². The van der Waals surface area contributed by atoms with E-state index in [0.717, 1.165) is 5.56 Å². The van der Waals surface area contributed by atoms with Crippen LogP contribution in [-0.4, -0.2) is 0 Å². The molecule has 0 fully saturated rings. The van der Waals surface area contributed by atoms with Crippen molar-refractivity contribution >= 4 is 0 Å². The van der Waals surface area contributed by atoms with Crippen LogP contribution in [-0.2, 0) is 6.42 Å². The minimum atomic E-state index is -0.424. The van der Waals surface area contributed by atoms with E-state index in [9.17, 15) is 4.39 Å². The zero-order chi connectivity index (χ0) is 10.3. The predicted molar refractivity (Wildman–Crippen MR) is 51.8 cm³/mol. The fourth-order valence-electron chi connectivity index (χ4n) is 0.989. The highest BCUT2D eigenvalue weighted by Gasteiger charge is 2.04. The summed E-state index contributed by atoms with van der Waals surface area (Å²) in [6, 6.07) is 6.53. The number of hydrogen-bond acceptors (Lipinski definition) is 1. The van der Waals surface area contributed by atoms with E-state index < -0.39 is 5.82 Å². The molecular weight excluding hydrogens is 165 g/mol. The maximum Gasteiger partial charge on any atom is 0.141 e. The molecule has 0 aliphatic rings. The third kappa shape index (κ3) is 2.87. The Morgan fingerprint density at radius 3 is 2.38 bits per heavy atom. The zero-order valence-corrected chi connectivity index (χ0v) is 8.26. The summed E-state index contributed by atoms with van der Waals surface area (Å²) < 4.78 is 12.8. The molecule has 1 aromatic rings. The zero-order valence-electron chi connectivity index (χ0n) is 8.26. The van der Waals surface area contributed by atoms with Crippen molar-refractivity contribution in [1.82, 2.24) is 0 Å². The SMILES string of the molecule is CC.CCc1cccc(F)c1C#N. The third-order valence-corrected chi connectivity index (χ3v) is 1.59. The second-order valence-corrected chi connectivity index (χ2v) is 2.24. The molecule has 0 N–H and O–H groups in total. The lowest BCUT2D eigenvalue weighted by molar-refractivity contribution is 0.621. The smallest absolute Gasteiger partial charge is 0.141 e. The summed E-state index contributed by atoms with van der Waals surface area (Å²) in [5.74, 6) is -0.424. The van der Waals surface area contributed by atoms with Crippen LogP contribution in [0.3, 0.4) is 0 Å². The van der Waals surface area contributed by atoms with E-state index in [1.165, 1.54) is 6.07 Å². The molecule has 0 spiro atoms. The first kappa shape index (κ1) is 11.6. The summed E-state index contributed by atoms with van der Waals surface area (Å²) in [7, 11) is 0. The van der Waals surface area contributed by atoms with Gasteiger partial charge in [-0.3, -0.25) is 0 Å². The van der Waals surface area contributed by atoms with Crippen LogP contribution < -0.4 is 0 Å². The Morgan fingerprint density at radius 1 is 1.38 bits per heavy atom. The molecule has 0 aliphatic heterocycles. The molecule has 0 saturated heterocycles. The van der Waals surface area contributed by atoms with Crippen molar-refractivity contribution in [3.8, 4) is 6.07 Å². The first-order valence-electron chi connectivity index (χ1n) is 4.47. The summed E-state index contributed by atoms with van der Waals surface area (Å²) in [5, 5.41) is 8.54. The van der Waals surface area contributed by atoms with Crippen molar-refractivity contribution in [2.45, 2.75) is 27.2 Å². The van der Waals surface area contributed by atoms with Gasteiger partial charge in [0.2, 0.25) is 0 Å². The molecule has 1 nitrogen and oxygen atoms in total.